The summed E-state index contributed by atoms with van der Waals surface area (Å²) in [6.45, 7) is 11.5. The van der Waals surface area contributed by atoms with E-state index in [2.05, 4.69) is 25.3 Å². The Bertz CT molecular complexity index is 1050. The van der Waals surface area contributed by atoms with Gasteiger partial charge in [0.25, 0.3) is 0 Å². The fraction of sp³-hybridized carbons (Fsp3) is 0.370. The second-order valence-corrected chi connectivity index (χ2v) is 8.37. The maximum atomic E-state index is 10.5. The monoisotopic (exact) mass is 465 g/mol. The number of rotatable bonds is 13. The number of aromatic nitrogens is 2. The smallest absolute Gasteiger partial charge is 0.227 e. The van der Waals surface area contributed by atoms with Gasteiger partial charge in [-0.05, 0) is 45.0 Å². The molecular weight excluding hydrogens is 430 g/mol. The van der Waals surface area contributed by atoms with Gasteiger partial charge in [-0.1, -0.05) is 36.4 Å². The SMILES string of the molecule is C=CCOC[C@H](O)CN(Cc1c(C)nn(-c2ccccc2)c1Oc1ccccc1OC)C(C)C. The average molecular weight is 466 g/mol. The Labute approximate surface area is 202 Å². The first kappa shape index (κ1) is 25.5. The normalized spacial score (nSPS) is 12.2. The molecule has 1 heterocycles. The third kappa shape index (κ3) is 6.47. The molecule has 1 N–H and O–H groups in total. The lowest BCUT2D eigenvalue weighted by Gasteiger charge is -2.29. The lowest BCUT2D eigenvalue weighted by Crippen LogP contribution is -2.39. The Morgan fingerprint density at radius 1 is 1.09 bits per heavy atom. The standard InChI is InChI=1S/C27H35N3O4/c1-6-16-33-19-23(31)17-29(20(2)3)18-24-21(4)28-30(22-12-8-7-9-13-22)27(24)34-26-15-11-10-14-25(26)32-5/h6-15,20,23,31H,1,16-19H2,2-5H3/t23-/m1/s1. The number of nitrogens with zero attached hydrogens (tertiary/aromatic N) is 3. The summed E-state index contributed by atoms with van der Waals surface area (Å²) in [6, 6.07) is 17.6. The second-order valence-electron chi connectivity index (χ2n) is 8.37. The number of aliphatic hydroxyl groups excluding tert-OH is 1. The third-order valence-electron chi connectivity index (χ3n) is 5.50. The number of ether oxygens (including phenoxy) is 3. The zero-order chi connectivity index (χ0) is 24.5. The molecule has 0 bridgehead atoms. The molecular formula is C27H35N3O4. The van der Waals surface area contributed by atoms with Crippen molar-refractivity contribution in [3.8, 4) is 23.1 Å². The number of para-hydroxylation sites is 3. The van der Waals surface area contributed by atoms with Crippen LogP contribution in [0, 0.1) is 6.92 Å². The topological polar surface area (TPSA) is 69.0 Å². The maximum Gasteiger partial charge on any atom is 0.227 e. The van der Waals surface area contributed by atoms with Gasteiger partial charge in [-0.2, -0.15) is 5.10 Å². The zero-order valence-corrected chi connectivity index (χ0v) is 20.5. The predicted octanol–water partition coefficient (Wildman–Crippen LogP) is 4.76. The van der Waals surface area contributed by atoms with E-state index in [1.807, 2.05) is 66.2 Å². The minimum atomic E-state index is -0.620. The molecule has 0 aliphatic rings. The number of aliphatic hydroxyl groups is 1. The van der Waals surface area contributed by atoms with Gasteiger partial charge in [0, 0.05) is 19.1 Å². The van der Waals surface area contributed by atoms with Crippen molar-refractivity contribution in [2.45, 2.75) is 39.5 Å². The van der Waals surface area contributed by atoms with Gasteiger partial charge in [0.15, 0.2) is 11.5 Å². The van der Waals surface area contributed by atoms with Gasteiger partial charge < -0.3 is 19.3 Å². The summed E-state index contributed by atoms with van der Waals surface area (Å²) in [6.07, 6.45) is 1.06. The molecule has 1 aromatic heterocycles. The quantitative estimate of drug-likeness (QED) is 0.290. The summed E-state index contributed by atoms with van der Waals surface area (Å²) < 4.78 is 19.2. The molecule has 182 valence electrons. The van der Waals surface area contributed by atoms with E-state index in [9.17, 15) is 5.11 Å². The van der Waals surface area contributed by atoms with Crippen LogP contribution in [-0.4, -0.2) is 58.8 Å². The highest BCUT2D eigenvalue weighted by atomic mass is 16.5. The Kier molecular flexibility index (Phi) is 9.27. The molecule has 3 rings (SSSR count). The van der Waals surface area contributed by atoms with Crippen LogP contribution in [-0.2, 0) is 11.3 Å². The Balaban J connectivity index is 1.96. The van der Waals surface area contributed by atoms with Crippen molar-refractivity contribution >= 4 is 0 Å². The first-order valence-electron chi connectivity index (χ1n) is 11.5. The molecule has 7 heteroatoms. The molecule has 0 fully saturated rings. The van der Waals surface area contributed by atoms with Crippen LogP contribution in [0.25, 0.3) is 5.69 Å². The highest BCUT2D eigenvalue weighted by Gasteiger charge is 2.24. The Morgan fingerprint density at radius 3 is 2.41 bits per heavy atom. The number of aryl methyl sites for hydroxylation is 1. The number of hydrogen-bond donors (Lipinski definition) is 1. The molecule has 0 aliphatic carbocycles. The minimum Gasteiger partial charge on any atom is -0.493 e. The van der Waals surface area contributed by atoms with Crippen LogP contribution in [0.5, 0.6) is 17.4 Å². The van der Waals surface area contributed by atoms with E-state index in [-0.39, 0.29) is 12.6 Å². The van der Waals surface area contributed by atoms with Gasteiger partial charge in [-0.25, -0.2) is 4.68 Å². The summed E-state index contributed by atoms with van der Waals surface area (Å²) in [7, 11) is 1.62. The molecule has 0 radical (unpaired) electrons. The van der Waals surface area contributed by atoms with Gasteiger partial charge in [0.1, 0.15) is 0 Å². The summed E-state index contributed by atoms with van der Waals surface area (Å²) in [5, 5.41) is 15.3. The van der Waals surface area contributed by atoms with Gasteiger partial charge in [0.05, 0.1) is 43.4 Å². The largest absolute Gasteiger partial charge is 0.493 e. The van der Waals surface area contributed by atoms with Gasteiger partial charge in [-0.15, -0.1) is 6.58 Å². The Hall–Kier alpha value is -3.13. The molecule has 3 aromatic rings. The van der Waals surface area contributed by atoms with Crippen molar-refractivity contribution in [1.29, 1.82) is 0 Å². The summed E-state index contributed by atoms with van der Waals surface area (Å²) in [4.78, 5) is 2.19. The molecule has 0 amide bonds. The van der Waals surface area contributed by atoms with Crippen molar-refractivity contribution in [3.05, 3.63) is 78.5 Å². The fourth-order valence-corrected chi connectivity index (χ4v) is 3.65. The molecule has 0 spiro atoms. The number of benzene rings is 2. The summed E-state index contributed by atoms with van der Waals surface area (Å²) in [5.41, 5.74) is 2.70. The van der Waals surface area contributed by atoms with Crippen LogP contribution < -0.4 is 9.47 Å². The highest BCUT2D eigenvalue weighted by molar-refractivity contribution is 5.47. The number of hydrogen-bond acceptors (Lipinski definition) is 6. The third-order valence-corrected chi connectivity index (χ3v) is 5.50. The van der Waals surface area contributed by atoms with E-state index < -0.39 is 6.10 Å². The van der Waals surface area contributed by atoms with Crippen LogP contribution in [0.1, 0.15) is 25.1 Å². The van der Waals surface area contributed by atoms with Crippen LogP contribution in [0.2, 0.25) is 0 Å². The molecule has 7 nitrogen and oxygen atoms in total. The molecule has 34 heavy (non-hydrogen) atoms. The molecule has 0 unspecified atom stereocenters. The maximum absolute atomic E-state index is 10.5. The van der Waals surface area contributed by atoms with Crippen molar-refractivity contribution in [2.24, 2.45) is 0 Å². The predicted molar refractivity (Wildman–Crippen MR) is 134 cm³/mol. The van der Waals surface area contributed by atoms with Gasteiger partial charge >= 0.3 is 0 Å². The molecule has 0 aliphatic heterocycles. The van der Waals surface area contributed by atoms with Crippen LogP contribution in [0.3, 0.4) is 0 Å². The lowest BCUT2D eigenvalue weighted by atomic mass is 10.2. The minimum absolute atomic E-state index is 0.188. The fourth-order valence-electron chi connectivity index (χ4n) is 3.65. The van der Waals surface area contributed by atoms with Gasteiger partial charge in [-0.3, -0.25) is 4.90 Å². The zero-order valence-electron chi connectivity index (χ0n) is 20.5. The first-order chi connectivity index (χ1) is 16.4. The molecule has 1 atom stereocenters. The molecule has 0 saturated carbocycles. The van der Waals surface area contributed by atoms with Gasteiger partial charge in [0.2, 0.25) is 5.88 Å². The van der Waals surface area contributed by atoms with Crippen LogP contribution in [0.4, 0.5) is 0 Å². The van der Waals surface area contributed by atoms with Crippen LogP contribution in [0.15, 0.2) is 67.3 Å². The second kappa shape index (κ2) is 12.4. The summed E-state index contributed by atoms with van der Waals surface area (Å²) >= 11 is 0. The first-order valence-corrected chi connectivity index (χ1v) is 11.5. The van der Waals surface area contributed by atoms with E-state index in [0.29, 0.717) is 37.1 Å². The van der Waals surface area contributed by atoms with E-state index in [1.165, 1.54) is 0 Å². The van der Waals surface area contributed by atoms with E-state index in [0.717, 1.165) is 16.9 Å². The lowest BCUT2D eigenvalue weighted by molar-refractivity contribution is 0.0177. The van der Waals surface area contributed by atoms with Crippen molar-refractivity contribution < 1.29 is 19.3 Å². The molecule has 2 aromatic carbocycles. The molecule has 0 saturated heterocycles. The number of methoxy groups -OCH3 is 1. The average Bonchev–Trinajstić information content (AvgIpc) is 3.14. The Morgan fingerprint density at radius 2 is 1.76 bits per heavy atom. The summed E-state index contributed by atoms with van der Waals surface area (Å²) in [5.74, 6) is 1.87. The van der Waals surface area contributed by atoms with E-state index in [4.69, 9.17) is 19.3 Å². The van der Waals surface area contributed by atoms with E-state index >= 15 is 0 Å². The van der Waals surface area contributed by atoms with Crippen molar-refractivity contribution in [2.75, 3.05) is 26.9 Å². The van der Waals surface area contributed by atoms with Crippen molar-refractivity contribution in [1.82, 2.24) is 14.7 Å². The van der Waals surface area contributed by atoms with Crippen molar-refractivity contribution in [3.63, 3.8) is 0 Å². The van der Waals surface area contributed by atoms with Crippen LogP contribution >= 0.6 is 0 Å². The highest BCUT2D eigenvalue weighted by Crippen LogP contribution is 2.36. The van der Waals surface area contributed by atoms with E-state index in [1.54, 1.807) is 13.2 Å².